The SMILES string of the molecule is CCOC(=O)c1c(C)n(C2CCCCC2)c2ccc(OC(=O)c3ccc(C)cc3)cc12. The van der Waals surface area contributed by atoms with Gasteiger partial charge in [-0.25, -0.2) is 9.59 Å². The second-order valence-electron chi connectivity index (χ2n) is 8.28. The first-order chi connectivity index (χ1) is 15.0. The summed E-state index contributed by atoms with van der Waals surface area (Å²) in [6.45, 7) is 6.08. The molecule has 0 unspecified atom stereocenters. The molecule has 2 aromatic carbocycles. The van der Waals surface area contributed by atoms with Crippen LogP contribution in [0, 0.1) is 13.8 Å². The third kappa shape index (κ3) is 4.22. The second kappa shape index (κ2) is 8.96. The van der Waals surface area contributed by atoms with Crippen LogP contribution in [0.4, 0.5) is 0 Å². The maximum atomic E-state index is 12.8. The molecule has 0 saturated heterocycles. The van der Waals surface area contributed by atoms with E-state index in [0.29, 0.717) is 29.5 Å². The third-order valence-corrected chi connectivity index (χ3v) is 6.14. The second-order valence-corrected chi connectivity index (χ2v) is 8.28. The maximum absolute atomic E-state index is 12.8. The summed E-state index contributed by atoms with van der Waals surface area (Å²) in [5, 5.41) is 0.774. The van der Waals surface area contributed by atoms with Gasteiger partial charge in [0.05, 0.1) is 17.7 Å². The molecule has 5 nitrogen and oxygen atoms in total. The number of carbonyl (C=O) groups is 2. The number of rotatable bonds is 5. The molecule has 0 bridgehead atoms. The van der Waals surface area contributed by atoms with Gasteiger partial charge in [0.2, 0.25) is 0 Å². The van der Waals surface area contributed by atoms with Crippen LogP contribution >= 0.6 is 0 Å². The van der Waals surface area contributed by atoms with Crippen LogP contribution in [0.3, 0.4) is 0 Å². The molecule has 31 heavy (non-hydrogen) atoms. The first kappa shape index (κ1) is 21.2. The van der Waals surface area contributed by atoms with Gasteiger partial charge < -0.3 is 14.0 Å². The molecule has 0 atom stereocenters. The standard InChI is InChI=1S/C26H29NO4/c1-4-30-26(29)24-18(3)27(20-8-6-5-7-9-20)23-15-14-21(16-22(23)24)31-25(28)19-12-10-17(2)11-13-19/h10-16,20H,4-9H2,1-3H3. The first-order valence-corrected chi connectivity index (χ1v) is 11.1. The molecule has 0 N–H and O–H groups in total. The molecule has 0 aliphatic heterocycles. The van der Waals surface area contributed by atoms with E-state index in [1.165, 1.54) is 19.3 Å². The van der Waals surface area contributed by atoms with Crippen LogP contribution < -0.4 is 4.74 Å². The molecule has 1 heterocycles. The highest BCUT2D eigenvalue weighted by atomic mass is 16.5. The number of aryl methyl sites for hydroxylation is 1. The highest BCUT2D eigenvalue weighted by molar-refractivity contribution is 6.06. The number of nitrogens with zero attached hydrogens (tertiary/aromatic N) is 1. The van der Waals surface area contributed by atoms with Crippen LogP contribution in [-0.4, -0.2) is 23.1 Å². The van der Waals surface area contributed by atoms with Crippen molar-refractivity contribution < 1.29 is 19.1 Å². The lowest BCUT2D eigenvalue weighted by molar-refractivity contribution is 0.0527. The Kier molecular flexibility index (Phi) is 6.12. The van der Waals surface area contributed by atoms with E-state index in [4.69, 9.17) is 9.47 Å². The van der Waals surface area contributed by atoms with Gasteiger partial charge in [0.1, 0.15) is 5.75 Å². The Morgan fingerprint density at radius 3 is 2.35 bits per heavy atom. The lowest BCUT2D eigenvalue weighted by atomic mass is 9.95. The lowest BCUT2D eigenvalue weighted by Gasteiger charge is -2.26. The zero-order valence-electron chi connectivity index (χ0n) is 18.4. The predicted molar refractivity (Wildman–Crippen MR) is 121 cm³/mol. The normalized spacial score (nSPS) is 14.5. The summed E-state index contributed by atoms with van der Waals surface area (Å²) in [6.07, 6.45) is 5.88. The van der Waals surface area contributed by atoms with E-state index < -0.39 is 5.97 Å². The lowest BCUT2D eigenvalue weighted by Crippen LogP contribution is -2.15. The number of esters is 2. The minimum atomic E-state index is -0.416. The van der Waals surface area contributed by atoms with Gasteiger partial charge >= 0.3 is 11.9 Å². The molecule has 0 amide bonds. The minimum absolute atomic E-state index is 0.316. The first-order valence-electron chi connectivity index (χ1n) is 11.1. The average molecular weight is 420 g/mol. The quantitative estimate of drug-likeness (QED) is 0.367. The number of ether oxygens (including phenoxy) is 2. The Morgan fingerprint density at radius 2 is 1.68 bits per heavy atom. The summed E-state index contributed by atoms with van der Waals surface area (Å²) >= 11 is 0. The molecular formula is C26H29NO4. The highest BCUT2D eigenvalue weighted by Gasteiger charge is 2.26. The van der Waals surface area contributed by atoms with Gasteiger partial charge in [-0.15, -0.1) is 0 Å². The zero-order valence-corrected chi connectivity index (χ0v) is 18.4. The zero-order chi connectivity index (χ0) is 22.0. The summed E-state index contributed by atoms with van der Waals surface area (Å²) in [7, 11) is 0. The van der Waals surface area contributed by atoms with Crippen LogP contribution in [0.1, 0.15) is 77.0 Å². The van der Waals surface area contributed by atoms with Crippen molar-refractivity contribution >= 4 is 22.8 Å². The van der Waals surface area contributed by atoms with Crippen molar-refractivity contribution in [1.82, 2.24) is 4.57 Å². The van der Waals surface area contributed by atoms with Gasteiger partial charge in [-0.05, 0) is 63.9 Å². The fourth-order valence-electron chi connectivity index (χ4n) is 4.61. The van der Waals surface area contributed by atoms with Crippen molar-refractivity contribution in [2.75, 3.05) is 6.61 Å². The maximum Gasteiger partial charge on any atom is 0.343 e. The molecule has 0 radical (unpaired) electrons. The minimum Gasteiger partial charge on any atom is -0.462 e. The highest BCUT2D eigenvalue weighted by Crippen LogP contribution is 2.37. The Labute approximate surface area is 183 Å². The van der Waals surface area contributed by atoms with Crippen molar-refractivity contribution in [2.24, 2.45) is 0 Å². The Morgan fingerprint density at radius 1 is 0.968 bits per heavy atom. The summed E-state index contributed by atoms with van der Waals surface area (Å²) in [6, 6.07) is 13.2. The Bertz CT molecular complexity index is 1100. The molecule has 1 saturated carbocycles. The number of aromatic nitrogens is 1. The summed E-state index contributed by atoms with van der Waals surface area (Å²) in [5.41, 5.74) is 4.05. The molecule has 162 valence electrons. The van der Waals surface area contributed by atoms with Crippen LogP contribution in [0.25, 0.3) is 10.9 Å². The molecule has 1 aliphatic carbocycles. The number of carbonyl (C=O) groups excluding carboxylic acids is 2. The van der Waals surface area contributed by atoms with E-state index in [0.717, 1.165) is 35.0 Å². The van der Waals surface area contributed by atoms with E-state index >= 15 is 0 Å². The van der Waals surface area contributed by atoms with Gasteiger partial charge in [0.15, 0.2) is 0 Å². The van der Waals surface area contributed by atoms with Crippen LogP contribution in [-0.2, 0) is 4.74 Å². The molecule has 3 aromatic rings. The number of fused-ring (bicyclic) bond motifs is 1. The van der Waals surface area contributed by atoms with Crippen LogP contribution in [0.15, 0.2) is 42.5 Å². The molecule has 5 heteroatoms. The fraction of sp³-hybridized carbons (Fsp3) is 0.385. The molecule has 4 rings (SSSR count). The van der Waals surface area contributed by atoms with E-state index in [1.807, 2.05) is 45.0 Å². The van der Waals surface area contributed by atoms with Gasteiger partial charge in [0.25, 0.3) is 0 Å². The molecule has 0 spiro atoms. The largest absolute Gasteiger partial charge is 0.462 e. The van der Waals surface area contributed by atoms with E-state index in [1.54, 1.807) is 18.2 Å². The van der Waals surface area contributed by atoms with Crippen molar-refractivity contribution in [3.63, 3.8) is 0 Å². The van der Waals surface area contributed by atoms with Gasteiger partial charge in [0, 0.05) is 22.6 Å². The van der Waals surface area contributed by atoms with Gasteiger partial charge in [-0.3, -0.25) is 0 Å². The molecule has 1 aromatic heterocycles. The Hall–Kier alpha value is -3.08. The summed E-state index contributed by atoms with van der Waals surface area (Å²) < 4.78 is 13.3. The van der Waals surface area contributed by atoms with E-state index in [2.05, 4.69) is 4.57 Å². The van der Waals surface area contributed by atoms with Crippen molar-refractivity contribution in [3.05, 3.63) is 64.8 Å². The van der Waals surface area contributed by atoms with Crippen molar-refractivity contribution in [2.45, 2.75) is 58.9 Å². The predicted octanol–water partition coefficient (Wildman–Crippen LogP) is 6.16. The summed E-state index contributed by atoms with van der Waals surface area (Å²) in [5.74, 6) is -0.327. The van der Waals surface area contributed by atoms with Crippen molar-refractivity contribution in [1.29, 1.82) is 0 Å². The molecular weight excluding hydrogens is 390 g/mol. The topological polar surface area (TPSA) is 57.5 Å². The smallest absolute Gasteiger partial charge is 0.343 e. The number of benzene rings is 2. The van der Waals surface area contributed by atoms with Crippen LogP contribution in [0.2, 0.25) is 0 Å². The fourth-order valence-corrected chi connectivity index (χ4v) is 4.61. The Balaban J connectivity index is 1.74. The third-order valence-electron chi connectivity index (χ3n) is 6.14. The average Bonchev–Trinajstić information content (AvgIpc) is 3.06. The van der Waals surface area contributed by atoms with Crippen LogP contribution in [0.5, 0.6) is 5.75 Å². The van der Waals surface area contributed by atoms with E-state index in [-0.39, 0.29) is 5.97 Å². The monoisotopic (exact) mass is 419 g/mol. The number of hydrogen-bond donors (Lipinski definition) is 0. The summed E-state index contributed by atoms with van der Waals surface area (Å²) in [4.78, 5) is 25.4. The number of hydrogen-bond acceptors (Lipinski definition) is 4. The van der Waals surface area contributed by atoms with Crippen molar-refractivity contribution in [3.8, 4) is 5.75 Å². The molecule has 1 fully saturated rings. The van der Waals surface area contributed by atoms with E-state index in [9.17, 15) is 9.59 Å². The van der Waals surface area contributed by atoms with Gasteiger partial charge in [-0.1, -0.05) is 37.0 Å². The molecule has 1 aliphatic rings. The van der Waals surface area contributed by atoms with Gasteiger partial charge in [-0.2, -0.15) is 0 Å².